The number of aromatic amines is 1. The van der Waals surface area contributed by atoms with Crippen LogP contribution in [0.4, 0.5) is 11.8 Å². The van der Waals surface area contributed by atoms with E-state index in [2.05, 4.69) is 44.0 Å². The van der Waals surface area contributed by atoms with Crippen molar-refractivity contribution in [3.63, 3.8) is 0 Å². The lowest BCUT2D eigenvalue weighted by molar-refractivity contribution is 0.328. The van der Waals surface area contributed by atoms with Crippen molar-refractivity contribution < 1.29 is 0 Å². The number of likely N-dealkylation sites (N-methyl/N-ethyl adjacent to an activating group) is 1. The third-order valence-electron chi connectivity index (χ3n) is 4.14. The first kappa shape index (κ1) is 14.1. The van der Waals surface area contributed by atoms with Gasteiger partial charge in [0.25, 0.3) is 0 Å². The monoisotopic (exact) mass is 289 g/mol. The molecule has 0 aliphatic carbocycles. The fraction of sp³-hybridized carbons (Fsp3) is 0.643. The van der Waals surface area contributed by atoms with Gasteiger partial charge in [-0.25, -0.2) is 4.98 Å². The minimum atomic E-state index is 0.462. The molecule has 0 radical (unpaired) electrons. The molecule has 7 heteroatoms. The lowest BCUT2D eigenvalue weighted by Gasteiger charge is -2.31. The van der Waals surface area contributed by atoms with Gasteiger partial charge in [0, 0.05) is 26.2 Å². The average Bonchev–Trinajstić information content (AvgIpc) is 2.89. The molecular weight excluding hydrogens is 266 g/mol. The molecule has 0 bridgehead atoms. The Bertz CT molecular complexity index is 608. The van der Waals surface area contributed by atoms with Crippen LogP contribution in [0.25, 0.3) is 11.2 Å². The van der Waals surface area contributed by atoms with E-state index in [0.29, 0.717) is 12.0 Å². The molecule has 1 atom stereocenters. The molecule has 2 aromatic heterocycles. The molecule has 1 unspecified atom stereocenters. The van der Waals surface area contributed by atoms with Crippen LogP contribution in [0.1, 0.15) is 19.8 Å². The van der Waals surface area contributed by atoms with E-state index in [9.17, 15) is 0 Å². The Labute approximate surface area is 124 Å². The van der Waals surface area contributed by atoms with Crippen LogP contribution in [-0.4, -0.2) is 64.6 Å². The molecule has 3 rings (SSSR count). The smallest absolute Gasteiger partial charge is 0.226 e. The van der Waals surface area contributed by atoms with Crippen LogP contribution < -0.4 is 10.2 Å². The molecule has 0 aromatic carbocycles. The molecule has 2 aromatic rings. The molecule has 21 heavy (non-hydrogen) atoms. The van der Waals surface area contributed by atoms with E-state index in [0.717, 1.165) is 49.5 Å². The molecule has 2 N–H and O–H groups in total. The van der Waals surface area contributed by atoms with E-state index in [4.69, 9.17) is 4.98 Å². The number of anilines is 2. The number of nitrogens with zero attached hydrogens (tertiary/aromatic N) is 5. The molecule has 114 valence electrons. The Hall–Kier alpha value is -1.89. The molecule has 1 fully saturated rings. The van der Waals surface area contributed by atoms with Crippen molar-refractivity contribution >= 4 is 22.9 Å². The summed E-state index contributed by atoms with van der Waals surface area (Å²) in [5.41, 5.74) is 1.65. The topological polar surface area (TPSA) is 73.0 Å². The molecule has 0 saturated carbocycles. The highest BCUT2D eigenvalue weighted by Crippen LogP contribution is 2.26. The van der Waals surface area contributed by atoms with Gasteiger partial charge in [-0.1, -0.05) is 6.92 Å². The van der Waals surface area contributed by atoms with Gasteiger partial charge in [-0.05, 0) is 26.4 Å². The second-order valence-electron chi connectivity index (χ2n) is 5.59. The van der Waals surface area contributed by atoms with Crippen molar-refractivity contribution in [3.8, 4) is 0 Å². The number of hydrogen-bond acceptors (Lipinski definition) is 6. The van der Waals surface area contributed by atoms with E-state index in [1.54, 1.807) is 6.33 Å². The maximum Gasteiger partial charge on any atom is 0.226 e. The summed E-state index contributed by atoms with van der Waals surface area (Å²) in [6.45, 7) is 5.44. The van der Waals surface area contributed by atoms with Crippen LogP contribution in [-0.2, 0) is 0 Å². The van der Waals surface area contributed by atoms with Crippen LogP contribution in [0.15, 0.2) is 6.33 Å². The molecule has 3 heterocycles. The summed E-state index contributed by atoms with van der Waals surface area (Å²) >= 11 is 0. The average molecular weight is 289 g/mol. The lowest BCUT2D eigenvalue weighted by Crippen LogP contribution is -2.40. The zero-order valence-corrected chi connectivity index (χ0v) is 12.9. The van der Waals surface area contributed by atoms with Crippen molar-refractivity contribution in [1.82, 2.24) is 24.8 Å². The van der Waals surface area contributed by atoms with Gasteiger partial charge in [0.2, 0.25) is 5.95 Å². The Kier molecular flexibility index (Phi) is 3.92. The highest BCUT2D eigenvalue weighted by atomic mass is 15.3. The van der Waals surface area contributed by atoms with Gasteiger partial charge in [-0.2, -0.15) is 9.97 Å². The van der Waals surface area contributed by atoms with Crippen molar-refractivity contribution in [2.24, 2.45) is 0 Å². The first-order valence-electron chi connectivity index (χ1n) is 7.57. The summed E-state index contributed by atoms with van der Waals surface area (Å²) in [5.74, 6) is 1.58. The SMILES string of the molecule is CCC1CN(C)CCCN1c1nc(NC)nc2nc[nH]c12. The zero-order valence-electron chi connectivity index (χ0n) is 12.9. The minimum absolute atomic E-state index is 0.462. The van der Waals surface area contributed by atoms with E-state index >= 15 is 0 Å². The Morgan fingerprint density at radius 1 is 1.38 bits per heavy atom. The molecule has 7 nitrogen and oxygen atoms in total. The van der Waals surface area contributed by atoms with Crippen molar-refractivity contribution in [2.45, 2.75) is 25.8 Å². The standard InChI is InChI=1S/C14H23N7/c1-4-10-8-20(3)6-5-7-21(10)13-11-12(17-9-16-11)18-14(15-2)19-13/h9-10H,4-8H2,1-3H3,(H2,15,16,17,18,19). The third kappa shape index (κ3) is 2.65. The summed E-state index contributed by atoms with van der Waals surface area (Å²) in [4.78, 5) is 21.4. The van der Waals surface area contributed by atoms with Gasteiger partial charge < -0.3 is 20.1 Å². The van der Waals surface area contributed by atoms with Crippen LogP contribution in [0.2, 0.25) is 0 Å². The zero-order chi connectivity index (χ0) is 14.8. The molecule has 1 aliphatic rings. The third-order valence-corrected chi connectivity index (χ3v) is 4.14. The van der Waals surface area contributed by atoms with Gasteiger partial charge in [0.1, 0.15) is 5.52 Å². The molecule has 1 saturated heterocycles. The largest absolute Gasteiger partial charge is 0.357 e. The van der Waals surface area contributed by atoms with E-state index in [1.807, 2.05) is 7.05 Å². The summed E-state index contributed by atoms with van der Waals surface area (Å²) in [5, 5.41) is 3.03. The molecule has 0 spiro atoms. The minimum Gasteiger partial charge on any atom is -0.357 e. The summed E-state index contributed by atoms with van der Waals surface area (Å²) < 4.78 is 0. The number of fused-ring (bicyclic) bond motifs is 1. The number of rotatable bonds is 3. The van der Waals surface area contributed by atoms with E-state index in [1.165, 1.54) is 0 Å². The number of nitrogens with one attached hydrogen (secondary N) is 2. The fourth-order valence-corrected chi connectivity index (χ4v) is 3.01. The van der Waals surface area contributed by atoms with Crippen LogP contribution in [0, 0.1) is 0 Å². The maximum absolute atomic E-state index is 4.69. The molecular formula is C14H23N7. The van der Waals surface area contributed by atoms with Gasteiger partial charge in [0.15, 0.2) is 11.5 Å². The number of H-pyrrole nitrogens is 1. The van der Waals surface area contributed by atoms with Gasteiger partial charge in [-0.3, -0.25) is 0 Å². The van der Waals surface area contributed by atoms with Gasteiger partial charge in [-0.15, -0.1) is 0 Å². The van der Waals surface area contributed by atoms with Crippen molar-refractivity contribution in [1.29, 1.82) is 0 Å². The molecule has 1 aliphatic heterocycles. The van der Waals surface area contributed by atoms with E-state index < -0.39 is 0 Å². The predicted molar refractivity (Wildman–Crippen MR) is 84.8 cm³/mol. The van der Waals surface area contributed by atoms with Crippen LogP contribution in [0.3, 0.4) is 0 Å². The lowest BCUT2D eigenvalue weighted by atomic mass is 10.2. The predicted octanol–water partition coefficient (Wildman–Crippen LogP) is 1.32. The first-order chi connectivity index (χ1) is 10.2. The van der Waals surface area contributed by atoms with E-state index in [-0.39, 0.29) is 0 Å². The number of aromatic nitrogens is 4. The van der Waals surface area contributed by atoms with Crippen molar-refractivity contribution in [3.05, 3.63) is 6.33 Å². The number of imidazole rings is 1. The summed E-state index contributed by atoms with van der Waals surface area (Å²) in [6.07, 6.45) is 3.92. The summed E-state index contributed by atoms with van der Waals surface area (Å²) in [6, 6.07) is 0.462. The first-order valence-corrected chi connectivity index (χ1v) is 7.57. The number of hydrogen-bond donors (Lipinski definition) is 2. The highest BCUT2D eigenvalue weighted by Gasteiger charge is 2.26. The summed E-state index contributed by atoms with van der Waals surface area (Å²) in [7, 11) is 4.03. The second-order valence-corrected chi connectivity index (χ2v) is 5.59. The van der Waals surface area contributed by atoms with Crippen LogP contribution in [0.5, 0.6) is 0 Å². The quantitative estimate of drug-likeness (QED) is 0.888. The van der Waals surface area contributed by atoms with Gasteiger partial charge in [0.05, 0.1) is 6.33 Å². The molecule has 0 amide bonds. The normalized spacial score (nSPS) is 20.7. The highest BCUT2D eigenvalue weighted by molar-refractivity contribution is 5.84. The Morgan fingerprint density at radius 2 is 2.24 bits per heavy atom. The second kappa shape index (κ2) is 5.85. The Morgan fingerprint density at radius 3 is 3.00 bits per heavy atom. The fourth-order valence-electron chi connectivity index (χ4n) is 3.01. The maximum atomic E-state index is 4.69. The van der Waals surface area contributed by atoms with Gasteiger partial charge >= 0.3 is 0 Å². The van der Waals surface area contributed by atoms with Crippen molar-refractivity contribution in [2.75, 3.05) is 43.9 Å². The Balaban J connectivity index is 2.06. The van der Waals surface area contributed by atoms with Crippen LogP contribution >= 0.6 is 0 Å².